The van der Waals surface area contributed by atoms with Crippen molar-refractivity contribution in [1.29, 1.82) is 0 Å². The number of aliphatic hydroxyl groups is 2. The fraction of sp³-hybridized carbons (Fsp3) is 0.556. The van der Waals surface area contributed by atoms with Crippen LogP contribution in [0, 0.1) is 0 Å². The Morgan fingerprint density at radius 2 is 1.89 bits per heavy atom. The molecule has 35 heavy (non-hydrogen) atoms. The van der Waals surface area contributed by atoms with Gasteiger partial charge >= 0.3 is 0 Å². The maximum Gasteiger partial charge on any atom is 0.254 e. The van der Waals surface area contributed by atoms with Crippen LogP contribution in [0.3, 0.4) is 0 Å². The summed E-state index contributed by atoms with van der Waals surface area (Å²) in [7, 11) is 0. The van der Waals surface area contributed by atoms with Crippen molar-refractivity contribution in [3.05, 3.63) is 59.0 Å². The molecule has 0 spiro atoms. The second-order valence-electron chi connectivity index (χ2n) is 7.62. The minimum atomic E-state index is -1.80. The molecule has 198 valence electrons. The van der Waals surface area contributed by atoms with Gasteiger partial charge in [-0.25, -0.2) is 0 Å². The second kappa shape index (κ2) is 20.9. The number of carbonyl (C=O) groups is 2. The Morgan fingerprint density at radius 1 is 1.14 bits per heavy atom. The molecular weight excluding hydrogens is 462 g/mol. The largest absolute Gasteiger partial charge is 0.385 e. The first-order chi connectivity index (χ1) is 16.9. The number of nitrogens with one attached hydrogen (secondary N) is 2. The first-order valence-electron chi connectivity index (χ1n) is 12.6. The fourth-order valence-corrected chi connectivity index (χ4v) is 3.87. The summed E-state index contributed by atoms with van der Waals surface area (Å²) in [5.74, 6) is -1.38. The molecule has 0 aliphatic rings. The highest BCUT2D eigenvalue weighted by molar-refractivity contribution is 7.09. The quantitative estimate of drug-likeness (QED) is 0.190. The number of carbonyl (C=O) groups excluding carboxylic acids is 2. The van der Waals surface area contributed by atoms with E-state index < -0.39 is 24.0 Å². The molecular formula is C27H45N3O4S. The molecule has 1 rings (SSSR count). The lowest BCUT2D eigenvalue weighted by atomic mass is 10.1. The van der Waals surface area contributed by atoms with Gasteiger partial charge in [-0.15, -0.1) is 11.3 Å². The number of thiophene rings is 1. The maximum atomic E-state index is 12.9. The Hall–Kier alpha value is -2.42. The van der Waals surface area contributed by atoms with Gasteiger partial charge in [0.05, 0.1) is 0 Å². The van der Waals surface area contributed by atoms with E-state index >= 15 is 0 Å². The van der Waals surface area contributed by atoms with Crippen LogP contribution in [-0.4, -0.2) is 65.3 Å². The highest BCUT2D eigenvalue weighted by Crippen LogP contribution is 2.09. The highest BCUT2D eigenvalue weighted by atomic mass is 32.1. The van der Waals surface area contributed by atoms with Crippen LogP contribution in [0.5, 0.6) is 0 Å². The van der Waals surface area contributed by atoms with E-state index in [1.54, 1.807) is 17.4 Å². The number of allylic oxidation sites excluding steroid dienone is 3. The summed E-state index contributed by atoms with van der Waals surface area (Å²) in [6, 6.07) is 3.89. The van der Waals surface area contributed by atoms with Gasteiger partial charge in [0.25, 0.3) is 11.8 Å². The number of likely N-dealkylation sites (N-methyl/N-ethyl adjacent to an activating group) is 1. The Balaban J connectivity index is 0.00000562. The van der Waals surface area contributed by atoms with E-state index in [-0.39, 0.29) is 0 Å². The molecule has 0 aromatic carbocycles. The first kappa shape index (κ1) is 32.6. The number of aliphatic hydroxyl groups excluding tert-OH is 2. The maximum absolute atomic E-state index is 12.9. The fourth-order valence-electron chi connectivity index (χ4n) is 3.16. The lowest BCUT2D eigenvalue weighted by Gasteiger charge is -2.26. The van der Waals surface area contributed by atoms with E-state index in [1.807, 2.05) is 56.5 Å². The summed E-state index contributed by atoms with van der Waals surface area (Å²) in [6.07, 6.45) is 7.78. The van der Waals surface area contributed by atoms with E-state index in [9.17, 15) is 19.8 Å². The van der Waals surface area contributed by atoms with Crippen molar-refractivity contribution in [1.82, 2.24) is 15.5 Å². The molecule has 1 aromatic rings. The summed E-state index contributed by atoms with van der Waals surface area (Å²) in [6.45, 7) is 13.7. The van der Waals surface area contributed by atoms with E-state index in [4.69, 9.17) is 0 Å². The number of unbranched alkanes of at least 4 members (excludes halogenated alkanes) is 2. The predicted octanol–water partition coefficient (Wildman–Crippen LogP) is 3.80. The molecule has 0 aliphatic heterocycles. The van der Waals surface area contributed by atoms with Gasteiger partial charge in [-0.1, -0.05) is 58.4 Å². The molecule has 2 unspecified atom stereocenters. The molecule has 1 heterocycles. The van der Waals surface area contributed by atoms with Crippen LogP contribution in [0.25, 0.3) is 0 Å². The highest BCUT2D eigenvalue weighted by Gasteiger charge is 2.32. The van der Waals surface area contributed by atoms with E-state index in [0.29, 0.717) is 32.5 Å². The minimum Gasteiger partial charge on any atom is -0.385 e. The van der Waals surface area contributed by atoms with Crippen LogP contribution >= 0.6 is 11.3 Å². The summed E-state index contributed by atoms with van der Waals surface area (Å²) in [5.41, 5.74) is 0.922. The van der Waals surface area contributed by atoms with Gasteiger partial charge in [-0.2, -0.15) is 0 Å². The van der Waals surface area contributed by atoms with Crippen molar-refractivity contribution in [3.63, 3.8) is 0 Å². The van der Waals surface area contributed by atoms with Gasteiger partial charge in [-0.3, -0.25) is 9.59 Å². The first-order valence-corrected chi connectivity index (χ1v) is 13.5. The molecule has 8 heteroatoms. The normalized spacial score (nSPS) is 12.9. The summed E-state index contributed by atoms with van der Waals surface area (Å²) >= 11 is 1.58. The van der Waals surface area contributed by atoms with Crippen LogP contribution in [0.4, 0.5) is 0 Å². The van der Waals surface area contributed by atoms with Crippen molar-refractivity contribution in [2.45, 2.75) is 72.0 Å². The summed E-state index contributed by atoms with van der Waals surface area (Å²) in [5, 5.41) is 28.4. The average Bonchev–Trinajstić information content (AvgIpc) is 3.39. The molecule has 7 nitrogen and oxygen atoms in total. The van der Waals surface area contributed by atoms with Crippen LogP contribution in [0.1, 0.15) is 58.3 Å². The van der Waals surface area contributed by atoms with Gasteiger partial charge in [0.15, 0.2) is 12.2 Å². The second-order valence-corrected chi connectivity index (χ2v) is 8.65. The zero-order chi connectivity index (χ0) is 26.5. The van der Waals surface area contributed by atoms with Crippen molar-refractivity contribution in [3.8, 4) is 0 Å². The summed E-state index contributed by atoms with van der Waals surface area (Å²) in [4.78, 5) is 27.7. The van der Waals surface area contributed by atoms with E-state index in [2.05, 4.69) is 24.1 Å². The third kappa shape index (κ3) is 13.9. The van der Waals surface area contributed by atoms with Crippen molar-refractivity contribution < 1.29 is 19.8 Å². The average molecular weight is 508 g/mol. The SMILES string of the molecule is C=C/C=C(\C=C/CCN(CCCCC)C(=O)C(O)C(O)C(=O)NCCc1cccs1)NCC.CC. The Labute approximate surface area is 215 Å². The van der Waals surface area contributed by atoms with Crippen molar-refractivity contribution in [2.75, 3.05) is 26.2 Å². The lowest BCUT2D eigenvalue weighted by molar-refractivity contribution is -0.153. The van der Waals surface area contributed by atoms with Gasteiger partial charge in [0.2, 0.25) is 0 Å². The van der Waals surface area contributed by atoms with Crippen LogP contribution in [0.15, 0.2) is 54.1 Å². The lowest BCUT2D eigenvalue weighted by Crippen LogP contribution is -2.51. The third-order valence-electron chi connectivity index (χ3n) is 4.96. The van der Waals surface area contributed by atoms with E-state index in [1.165, 1.54) is 4.90 Å². The smallest absolute Gasteiger partial charge is 0.254 e. The molecule has 0 aliphatic carbocycles. The molecule has 1 aromatic heterocycles. The number of rotatable bonds is 17. The Kier molecular flexibility index (Phi) is 19.5. The standard InChI is InChI=1S/C25H39N3O4S.C2H6/c1-4-7-9-17-28(18-10-8-13-20(12-5-2)26-6-3)25(32)23(30)22(29)24(31)27-16-15-21-14-11-19-33-21;1-2/h5,8,11-14,19,22-23,26,29-30H,2,4,6-7,9-10,15-18H2,1,3H3,(H,27,31);1-2H3/b13-8-,20-12+;. The minimum absolute atomic E-state index is 0.328. The molecule has 0 saturated heterocycles. The number of amides is 2. The van der Waals surface area contributed by atoms with E-state index in [0.717, 1.165) is 36.4 Å². The Bertz CT molecular complexity index is 762. The zero-order valence-electron chi connectivity index (χ0n) is 21.8. The monoisotopic (exact) mass is 507 g/mol. The van der Waals surface area contributed by atoms with Crippen LogP contribution < -0.4 is 10.6 Å². The van der Waals surface area contributed by atoms with Crippen LogP contribution in [-0.2, 0) is 16.0 Å². The number of nitrogens with zero attached hydrogens (tertiary/aromatic N) is 1. The molecule has 4 N–H and O–H groups in total. The van der Waals surface area contributed by atoms with Crippen molar-refractivity contribution in [2.24, 2.45) is 0 Å². The van der Waals surface area contributed by atoms with Crippen LogP contribution in [0.2, 0.25) is 0 Å². The van der Waals surface area contributed by atoms with Gasteiger partial charge in [0, 0.05) is 36.8 Å². The topological polar surface area (TPSA) is 102 Å². The number of hydrogen-bond acceptors (Lipinski definition) is 6. The van der Waals surface area contributed by atoms with Gasteiger partial charge in [0.1, 0.15) is 0 Å². The van der Waals surface area contributed by atoms with Gasteiger partial charge in [-0.05, 0) is 49.8 Å². The van der Waals surface area contributed by atoms with Crippen molar-refractivity contribution >= 4 is 23.2 Å². The molecule has 0 saturated carbocycles. The van der Waals surface area contributed by atoms with Gasteiger partial charge < -0.3 is 25.7 Å². The third-order valence-corrected chi connectivity index (χ3v) is 5.89. The zero-order valence-corrected chi connectivity index (χ0v) is 22.7. The Morgan fingerprint density at radius 3 is 2.49 bits per heavy atom. The molecule has 0 radical (unpaired) electrons. The molecule has 2 atom stereocenters. The summed E-state index contributed by atoms with van der Waals surface area (Å²) < 4.78 is 0. The molecule has 2 amide bonds. The molecule has 0 bridgehead atoms. The number of hydrogen-bond donors (Lipinski definition) is 4. The molecule has 0 fully saturated rings. The predicted molar refractivity (Wildman–Crippen MR) is 146 cm³/mol.